The second kappa shape index (κ2) is 6.21. The van der Waals surface area contributed by atoms with Crippen molar-refractivity contribution in [3.63, 3.8) is 0 Å². The van der Waals surface area contributed by atoms with Crippen LogP contribution in [0.2, 0.25) is 5.02 Å². The smallest absolute Gasteiger partial charge is 0.260 e. The van der Waals surface area contributed by atoms with E-state index in [0.717, 1.165) is 18.7 Å². The van der Waals surface area contributed by atoms with E-state index in [2.05, 4.69) is 15.2 Å². The van der Waals surface area contributed by atoms with Crippen molar-refractivity contribution in [2.75, 3.05) is 36.5 Å². The number of aromatic nitrogens is 1. The maximum atomic E-state index is 13.7. The lowest BCUT2D eigenvalue weighted by Crippen LogP contribution is -2.37. The average Bonchev–Trinajstić information content (AvgIpc) is 3.23. The molecule has 0 saturated carbocycles. The van der Waals surface area contributed by atoms with Crippen molar-refractivity contribution in [1.29, 1.82) is 0 Å². The van der Waals surface area contributed by atoms with Crippen LogP contribution in [0.25, 0.3) is 11.3 Å². The number of nitrogens with one attached hydrogen (secondary N) is 1. The molecular weight excluding hydrogens is 373 g/mol. The lowest BCUT2D eigenvalue weighted by atomic mass is 10.0. The Morgan fingerprint density at radius 1 is 1.22 bits per heavy atom. The minimum Gasteiger partial charge on any atom is -0.487 e. The highest BCUT2D eigenvalue weighted by molar-refractivity contribution is 6.37. The molecule has 1 amide bonds. The fraction of sp³-hybridized carbons (Fsp3) is 0.263. The lowest BCUT2D eigenvalue weighted by molar-refractivity contribution is -0.110. The van der Waals surface area contributed by atoms with Crippen LogP contribution in [-0.2, 0) is 20.9 Å². The molecule has 0 aliphatic carbocycles. The highest BCUT2D eigenvalue weighted by Crippen LogP contribution is 2.44. The molecule has 1 saturated heterocycles. The summed E-state index contributed by atoms with van der Waals surface area (Å²) in [5, 5.41) is 3.26. The molecule has 3 aliphatic rings. The molecule has 6 nitrogen and oxygen atoms in total. The predicted molar refractivity (Wildman–Crippen MR) is 98.9 cm³/mol. The molecule has 0 atom stereocenters. The van der Waals surface area contributed by atoms with E-state index in [1.807, 2.05) is 0 Å². The molecule has 0 radical (unpaired) electrons. The summed E-state index contributed by atoms with van der Waals surface area (Å²) in [5.74, 6) is 0.331. The van der Waals surface area contributed by atoms with E-state index in [9.17, 15) is 9.18 Å². The first-order valence-electron chi connectivity index (χ1n) is 8.62. The molecule has 2 aromatic rings. The number of ether oxygens (including phenoxy) is 2. The van der Waals surface area contributed by atoms with Gasteiger partial charge in [-0.2, -0.15) is 0 Å². The summed E-state index contributed by atoms with van der Waals surface area (Å²) in [4.78, 5) is 19.1. The van der Waals surface area contributed by atoms with Gasteiger partial charge >= 0.3 is 0 Å². The number of pyridine rings is 1. The van der Waals surface area contributed by atoms with E-state index in [-0.39, 0.29) is 12.5 Å². The molecule has 0 spiro atoms. The van der Waals surface area contributed by atoms with Crippen molar-refractivity contribution in [3.8, 4) is 0 Å². The predicted octanol–water partition coefficient (Wildman–Crippen LogP) is 3.06. The fourth-order valence-corrected chi connectivity index (χ4v) is 3.96. The number of halogens is 2. The fourth-order valence-electron chi connectivity index (χ4n) is 3.64. The normalized spacial score (nSPS) is 21.0. The van der Waals surface area contributed by atoms with E-state index in [1.54, 1.807) is 12.3 Å². The molecule has 0 unspecified atom stereocenters. The van der Waals surface area contributed by atoms with Crippen LogP contribution in [0, 0.1) is 5.82 Å². The van der Waals surface area contributed by atoms with Gasteiger partial charge in [-0.3, -0.25) is 4.79 Å². The zero-order valence-electron chi connectivity index (χ0n) is 14.2. The van der Waals surface area contributed by atoms with Crippen LogP contribution < -0.4 is 10.2 Å². The van der Waals surface area contributed by atoms with E-state index < -0.39 is 5.82 Å². The Morgan fingerprint density at radius 2 is 2.04 bits per heavy atom. The Morgan fingerprint density at radius 3 is 2.85 bits per heavy atom. The van der Waals surface area contributed by atoms with Gasteiger partial charge in [0.2, 0.25) is 0 Å². The summed E-state index contributed by atoms with van der Waals surface area (Å²) < 4.78 is 24.9. The van der Waals surface area contributed by atoms with E-state index in [0.29, 0.717) is 52.2 Å². The largest absolute Gasteiger partial charge is 0.487 e. The lowest BCUT2D eigenvalue weighted by Gasteiger charge is -2.28. The quantitative estimate of drug-likeness (QED) is 0.762. The summed E-state index contributed by atoms with van der Waals surface area (Å²) in [5.41, 5.74) is 2.80. The van der Waals surface area contributed by atoms with Crippen molar-refractivity contribution in [3.05, 3.63) is 51.9 Å². The number of carbonyl (C=O) groups is 1. The number of amides is 1. The number of morpholine rings is 1. The summed E-state index contributed by atoms with van der Waals surface area (Å²) >= 11 is 6.61. The van der Waals surface area contributed by atoms with Gasteiger partial charge in [0.25, 0.3) is 5.91 Å². The Balaban J connectivity index is 1.62. The standard InChI is InChI=1S/C19H15ClFN3O3/c20-16-13-9-27-17(12(13)8-22-18(16)24-3-5-26-6-4-24)15-11-7-10(21)1-2-14(11)23-19(15)25/h1-2,7-8H,3-6,9H2,(H,23,25)/b17-15+. The maximum Gasteiger partial charge on any atom is 0.260 e. The van der Waals surface area contributed by atoms with Gasteiger partial charge in [-0.1, -0.05) is 11.6 Å². The van der Waals surface area contributed by atoms with E-state index >= 15 is 0 Å². The third-order valence-electron chi connectivity index (χ3n) is 4.97. The first kappa shape index (κ1) is 16.5. The van der Waals surface area contributed by atoms with Gasteiger partial charge in [0.05, 0.1) is 23.8 Å². The van der Waals surface area contributed by atoms with Gasteiger partial charge in [0.15, 0.2) is 0 Å². The average molecular weight is 388 g/mol. The molecule has 27 heavy (non-hydrogen) atoms. The third kappa shape index (κ3) is 2.57. The van der Waals surface area contributed by atoms with Crippen molar-refractivity contribution < 1.29 is 18.7 Å². The van der Waals surface area contributed by atoms with Crippen LogP contribution in [0.15, 0.2) is 24.4 Å². The molecule has 1 aromatic carbocycles. The molecular formula is C19H15ClFN3O3. The number of hydrogen-bond donors (Lipinski definition) is 1. The Bertz CT molecular complexity index is 1000. The number of nitrogens with zero attached hydrogens (tertiary/aromatic N) is 2. The van der Waals surface area contributed by atoms with Crippen LogP contribution in [0.5, 0.6) is 0 Å². The molecule has 1 N–H and O–H groups in total. The number of anilines is 2. The van der Waals surface area contributed by atoms with E-state index in [1.165, 1.54) is 12.1 Å². The highest BCUT2D eigenvalue weighted by atomic mass is 35.5. The van der Waals surface area contributed by atoms with Crippen LogP contribution in [-0.4, -0.2) is 37.2 Å². The van der Waals surface area contributed by atoms with Crippen LogP contribution in [0.1, 0.15) is 16.7 Å². The molecule has 3 aliphatic heterocycles. The van der Waals surface area contributed by atoms with Crippen molar-refractivity contribution in [2.45, 2.75) is 6.61 Å². The summed E-state index contributed by atoms with van der Waals surface area (Å²) in [6, 6.07) is 4.18. The van der Waals surface area contributed by atoms with Crippen molar-refractivity contribution in [1.82, 2.24) is 4.98 Å². The van der Waals surface area contributed by atoms with E-state index in [4.69, 9.17) is 21.1 Å². The summed E-state index contributed by atoms with van der Waals surface area (Å²) in [6.07, 6.45) is 1.67. The number of carbonyl (C=O) groups excluding carboxylic acids is 1. The Hall–Kier alpha value is -2.64. The second-order valence-corrected chi connectivity index (χ2v) is 6.90. The topological polar surface area (TPSA) is 63.7 Å². The van der Waals surface area contributed by atoms with Gasteiger partial charge in [-0.05, 0) is 18.2 Å². The van der Waals surface area contributed by atoms with Gasteiger partial charge in [0.1, 0.15) is 24.0 Å². The van der Waals surface area contributed by atoms with Crippen molar-refractivity contribution >= 4 is 40.3 Å². The minimum atomic E-state index is -0.416. The van der Waals surface area contributed by atoms with Gasteiger partial charge in [-0.15, -0.1) is 0 Å². The number of rotatable bonds is 1. The zero-order chi connectivity index (χ0) is 18.5. The molecule has 1 fully saturated rings. The number of hydrogen-bond acceptors (Lipinski definition) is 5. The molecule has 4 heterocycles. The Labute approximate surface area is 159 Å². The van der Waals surface area contributed by atoms with Crippen LogP contribution in [0.3, 0.4) is 0 Å². The summed E-state index contributed by atoms with van der Waals surface area (Å²) in [6.45, 7) is 2.93. The molecule has 1 aromatic heterocycles. The first-order chi connectivity index (χ1) is 13.1. The molecule has 8 heteroatoms. The third-order valence-corrected chi connectivity index (χ3v) is 5.37. The van der Waals surface area contributed by atoms with Gasteiger partial charge in [-0.25, -0.2) is 9.37 Å². The number of fused-ring (bicyclic) bond motifs is 2. The van der Waals surface area contributed by atoms with Crippen LogP contribution in [0.4, 0.5) is 15.9 Å². The maximum absolute atomic E-state index is 13.7. The Kier molecular flexibility index (Phi) is 3.80. The zero-order valence-corrected chi connectivity index (χ0v) is 15.0. The first-order valence-corrected chi connectivity index (χ1v) is 9.00. The SMILES string of the molecule is O=C1Nc2ccc(F)cc2/C1=C1\OCc2c1cnc(N1CCOCC1)c2Cl. The summed E-state index contributed by atoms with van der Waals surface area (Å²) in [7, 11) is 0. The van der Waals surface area contributed by atoms with Crippen molar-refractivity contribution in [2.24, 2.45) is 0 Å². The number of benzene rings is 1. The monoisotopic (exact) mass is 387 g/mol. The van der Waals surface area contributed by atoms with Crippen LogP contribution >= 0.6 is 11.6 Å². The minimum absolute atomic E-state index is 0.241. The molecule has 0 bridgehead atoms. The molecule has 138 valence electrons. The molecule has 5 rings (SSSR count). The van der Waals surface area contributed by atoms with Gasteiger partial charge < -0.3 is 19.7 Å². The second-order valence-electron chi connectivity index (χ2n) is 6.52. The van der Waals surface area contributed by atoms with Gasteiger partial charge in [0, 0.05) is 41.7 Å². The highest BCUT2D eigenvalue weighted by Gasteiger charge is 2.34.